The zero-order chi connectivity index (χ0) is 27.0. The van der Waals surface area contributed by atoms with E-state index in [0.717, 1.165) is 49.9 Å². The third-order valence-corrected chi connectivity index (χ3v) is 8.46. The summed E-state index contributed by atoms with van der Waals surface area (Å²) in [6.45, 7) is 9.70. The van der Waals surface area contributed by atoms with Gasteiger partial charge >= 0.3 is 0 Å². The molecule has 2 heterocycles. The monoisotopic (exact) mass is 539 g/mol. The molecule has 4 aromatic rings. The van der Waals surface area contributed by atoms with E-state index in [9.17, 15) is 4.79 Å². The molecule has 5 nitrogen and oxygen atoms in total. The molecule has 0 unspecified atom stereocenters. The quantitative estimate of drug-likeness (QED) is 0.239. The Hall–Kier alpha value is -3.45. The number of benzene rings is 3. The first-order valence-corrected chi connectivity index (χ1v) is 14.7. The largest absolute Gasteiger partial charge is 0.494 e. The van der Waals surface area contributed by atoms with Gasteiger partial charge in [0.2, 0.25) is 0 Å². The predicted molar refractivity (Wildman–Crippen MR) is 161 cm³/mol. The van der Waals surface area contributed by atoms with Crippen LogP contribution in [-0.4, -0.2) is 48.5 Å². The molecule has 1 atom stereocenters. The normalized spacial score (nSPS) is 15.1. The van der Waals surface area contributed by atoms with Crippen molar-refractivity contribution >= 4 is 22.2 Å². The molecule has 1 aliphatic heterocycles. The summed E-state index contributed by atoms with van der Waals surface area (Å²) in [6.07, 6.45) is 0.930. The number of rotatable bonds is 10. The van der Waals surface area contributed by atoms with Crippen molar-refractivity contribution in [3.8, 4) is 5.75 Å². The van der Waals surface area contributed by atoms with Gasteiger partial charge in [-0.2, -0.15) is 0 Å². The average molecular weight is 540 g/mol. The molecule has 1 amide bonds. The van der Waals surface area contributed by atoms with Gasteiger partial charge in [-0.3, -0.25) is 14.6 Å². The number of hydrogen-bond donors (Lipinski definition) is 1. The highest BCUT2D eigenvalue weighted by Gasteiger charge is 2.30. The number of nitrogens with zero attached hydrogens (tertiary/aromatic N) is 2. The predicted octanol–water partition coefficient (Wildman–Crippen LogP) is 6.87. The Kier molecular flexibility index (Phi) is 9.09. The van der Waals surface area contributed by atoms with Gasteiger partial charge in [0, 0.05) is 48.7 Å². The summed E-state index contributed by atoms with van der Waals surface area (Å²) in [5.41, 5.74) is 4.40. The topological polar surface area (TPSA) is 44.8 Å². The molecule has 5 rings (SSSR count). The SMILES string of the molecule is CCOc1ccc([C@@H](c2cc(CC)sc2NC(=O)c2ccccc2)N2CCN(Cc3ccccc3)CC2)cc1. The molecule has 3 aromatic carbocycles. The van der Waals surface area contributed by atoms with Gasteiger partial charge in [0.1, 0.15) is 10.8 Å². The van der Waals surface area contributed by atoms with Crippen LogP contribution in [0.3, 0.4) is 0 Å². The lowest BCUT2D eigenvalue weighted by molar-refractivity contribution is 0.102. The molecule has 0 spiro atoms. The minimum Gasteiger partial charge on any atom is -0.494 e. The number of amides is 1. The van der Waals surface area contributed by atoms with E-state index in [0.29, 0.717) is 12.2 Å². The number of anilines is 1. The number of nitrogens with one attached hydrogen (secondary N) is 1. The second kappa shape index (κ2) is 13.1. The van der Waals surface area contributed by atoms with E-state index in [-0.39, 0.29) is 11.9 Å². The maximum absolute atomic E-state index is 13.2. The molecule has 1 aliphatic rings. The smallest absolute Gasteiger partial charge is 0.256 e. The molecule has 1 saturated heterocycles. The molecular formula is C33H37N3O2S. The van der Waals surface area contributed by atoms with Crippen LogP contribution in [0.5, 0.6) is 5.75 Å². The lowest BCUT2D eigenvalue weighted by Gasteiger charge is -2.40. The number of hydrogen-bond acceptors (Lipinski definition) is 5. The Morgan fingerprint density at radius 3 is 2.21 bits per heavy atom. The Morgan fingerprint density at radius 2 is 1.56 bits per heavy atom. The van der Waals surface area contributed by atoms with E-state index >= 15 is 0 Å². The van der Waals surface area contributed by atoms with Gasteiger partial charge in [-0.25, -0.2) is 0 Å². The van der Waals surface area contributed by atoms with Gasteiger partial charge in [0.15, 0.2) is 0 Å². The Labute approximate surface area is 236 Å². The van der Waals surface area contributed by atoms with Crippen LogP contribution in [-0.2, 0) is 13.0 Å². The van der Waals surface area contributed by atoms with E-state index < -0.39 is 0 Å². The lowest BCUT2D eigenvalue weighted by Crippen LogP contribution is -2.47. The van der Waals surface area contributed by atoms with Gasteiger partial charge in [0.05, 0.1) is 12.6 Å². The first-order chi connectivity index (χ1) is 19.1. The van der Waals surface area contributed by atoms with Gasteiger partial charge < -0.3 is 10.1 Å². The number of carbonyl (C=O) groups excluding carboxylic acids is 1. The molecule has 0 bridgehead atoms. The summed E-state index contributed by atoms with van der Waals surface area (Å²) < 4.78 is 5.73. The zero-order valence-electron chi connectivity index (χ0n) is 22.8. The Bertz CT molecular complexity index is 1330. The number of carbonyl (C=O) groups is 1. The molecule has 202 valence electrons. The van der Waals surface area contributed by atoms with Crippen molar-refractivity contribution in [1.82, 2.24) is 9.80 Å². The summed E-state index contributed by atoms with van der Waals surface area (Å²) in [6, 6.07) is 31.0. The van der Waals surface area contributed by atoms with E-state index in [4.69, 9.17) is 4.74 Å². The molecule has 0 radical (unpaired) electrons. The van der Waals surface area contributed by atoms with Crippen molar-refractivity contribution in [2.75, 3.05) is 38.1 Å². The van der Waals surface area contributed by atoms with Gasteiger partial charge in [-0.15, -0.1) is 11.3 Å². The fourth-order valence-electron chi connectivity index (χ4n) is 5.22. The summed E-state index contributed by atoms with van der Waals surface area (Å²) in [5, 5.41) is 4.20. The van der Waals surface area contributed by atoms with E-state index in [1.165, 1.54) is 21.6 Å². The van der Waals surface area contributed by atoms with Crippen molar-refractivity contribution in [3.63, 3.8) is 0 Å². The fourth-order valence-corrected chi connectivity index (χ4v) is 6.24. The first-order valence-electron chi connectivity index (χ1n) is 13.9. The maximum Gasteiger partial charge on any atom is 0.256 e. The first kappa shape index (κ1) is 27.1. The number of piperazine rings is 1. The van der Waals surface area contributed by atoms with Crippen LogP contribution in [0, 0.1) is 0 Å². The molecule has 39 heavy (non-hydrogen) atoms. The van der Waals surface area contributed by atoms with Crippen molar-refractivity contribution in [3.05, 3.63) is 118 Å². The molecule has 0 aliphatic carbocycles. The molecule has 1 aromatic heterocycles. The zero-order valence-corrected chi connectivity index (χ0v) is 23.6. The molecule has 1 N–H and O–H groups in total. The highest BCUT2D eigenvalue weighted by Crippen LogP contribution is 2.40. The summed E-state index contributed by atoms with van der Waals surface area (Å²) in [7, 11) is 0. The van der Waals surface area contributed by atoms with Crippen LogP contribution in [0.15, 0.2) is 91.0 Å². The summed E-state index contributed by atoms with van der Waals surface area (Å²) in [4.78, 5) is 19.6. The third-order valence-electron chi connectivity index (χ3n) is 7.25. The Morgan fingerprint density at radius 1 is 0.897 bits per heavy atom. The van der Waals surface area contributed by atoms with E-state index in [1.807, 2.05) is 37.3 Å². The second-order valence-corrected chi connectivity index (χ2v) is 11.0. The lowest BCUT2D eigenvalue weighted by atomic mass is 9.97. The minimum atomic E-state index is -0.0699. The summed E-state index contributed by atoms with van der Waals surface area (Å²) in [5.74, 6) is 0.810. The third kappa shape index (κ3) is 6.77. The van der Waals surface area contributed by atoms with E-state index in [1.54, 1.807) is 11.3 Å². The van der Waals surface area contributed by atoms with Crippen LogP contribution >= 0.6 is 11.3 Å². The highest BCUT2D eigenvalue weighted by molar-refractivity contribution is 7.16. The minimum absolute atomic E-state index is 0.0437. The highest BCUT2D eigenvalue weighted by atomic mass is 32.1. The van der Waals surface area contributed by atoms with E-state index in [2.05, 4.69) is 82.7 Å². The molecule has 6 heteroatoms. The maximum atomic E-state index is 13.2. The van der Waals surface area contributed by atoms with Crippen molar-refractivity contribution in [2.45, 2.75) is 32.9 Å². The number of ether oxygens (including phenoxy) is 1. The fraction of sp³-hybridized carbons (Fsp3) is 0.303. The van der Waals surface area contributed by atoms with Crippen LogP contribution < -0.4 is 10.1 Å². The van der Waals surface area contributed by atoms with Crippen molar-refractivity contribution < 1.29 is 9.53 Å². The van der Waals surface area contributed by atoms with Crippen molar-refractivity contribution in [1.29, 1.82) is 0 Å². The number of aryl methyl sites for hydroxylation is 1. The van der Waals surface area contributed by atoms with Crippen LogP contribution in [0.1, 0.15) is 51.8 Å². The van der Waals surface area contributed by atoms with Crippen LogP contribution in [0.25, 0.3) is 0 Å². The second-order valence-electron chi connectivity index (χ2n) is 9.87. The molecular weight excluding hydrogens is 502 g/mol. The van der Waals surface area contributed by atoms with Gasteiger partial charge in [0.25, 0.3) is 5.91 Å². The molecule has 1 fully saturated rings. The van der Waals surface area contributed by atoms with Crippen LogP contribution in [0.2, 0.25) is 0 Å². The average Bonchev–Trinajstić information content (AvgIpc) is 3.38. The van der Waals surface area contributed by atoms with Gasteiger partial charge in [-0.1, -0.05) is 67.6 Å². The number of thiophene rings is 1. The summed E-state index contributed by atoms with van der Waals surface area (Å²) >= 11 is 1.69. The van der Waals surface area contributed by atoms with Gasteiger partial charge in [-0.05, 0) is 54.8 Å². The molecule has 0 saturated carbocycles. The Balaban J connectivity index is 1.43. The standard InChI is InChI=1S/C33H37N3O2S/c1-3-29-23-30(33(39-29)34-32(37)27-13-9-6-10-14-27)31(26-15-17-28(18-16-26)38-4-2)36-21-19-35(20-22-36)24-25-11-7-5-8-12-25/h5-18,23,31H,3-4,19-22,24H2,1-2H3,(H,34,37)/t31-/m0/s1. The van der Waals surface area contributed by atoms with Crippen molar-refractivity contribution in [2.24, 2.45) is 0 Å². The van der Waals surface area contributed by atoms with Crippen LogP contribution in [0.4, 0.5) is 5.00 Å².